The third-order valence-corrected chi connectivity index (χ3v) is 5.27. The quantitative estimate of drug-likeness (QED) is 0.533. The predicted octanol–water partition coefficient (Wildman–Crippen LogP) is 2.49. The second-order valence-electron chi connectivity index (χ2n) is 7.19. The Morgan fingerprint density at radius 3 is 2.65 bits per heavy atom. The molecule has 1 saturated heterocycles. The number of nitrogens with one attached hydrogen (secondary N) is 2. The molecule has 4 aromatic rings. The summed E-state index contributed by atoms with van der Waals surface area (Å²) < 4.78 is 1.52. The van der Waals surface area contributed by atoms with E-state index < -0.39 is 0 Å². The number of anilines is 2. The second-order valence-corrected chi connectivity index (χ2v) is 7.19. The Balaban J connectivity index is 1.43. The van der Waals surface area contributed by atoms with Crippen molar-refractivity contribution in [1.82, 2.24) is 19.7 Å². The molecule has 9 heteroatoms. The fourth-order valence-corrected chi connectivity index (χ4v) is 3.70. The summed E-state index contributed by atoms with van der Waals surface area (Å²) in [5, 5.41) is 7.53. The molecule has 1 aliphatic heterocycles. The number of nitrogens with zero attached hydrogens (tertiary/aromatic N) is 4. The summed E-state index contributed by atoms with van der Waals surface area (Å²) in [6.45, 7) is 0.701. The Bertz CT molecular complexity index is 1360. The second kappa shape index (κ2) is 7.52. The van der Waals surface area contributed by atoms with Gasteiger partial charge in [0, 0.05) is 24.2 Å². The van der Waals surface area contributed by atoms with Crippen LogP contribution in [0.2, 0.25) is 0 Å². The number of hydrogen-bond acceptors (Lipinski definition) is 5. The highest BCUT2D eigenvalue weighted by molar-refractivity contribution is 6.06. The normalized spacial score (nSPS) is 13.7. The molecule has 31 heavy (non-hydrogen) atoms. The van der Waals surface area contributed by atoms with Crippen molar-refractivity contribution >= 4 is 34.2 Å². The minimum absolute atomic E-state index is 0.102. The minimum atomic E-state index is -0.297. The summed E-state index contributed by atoms with van der Waals surface area (Å²) in [4.78, 5) is 45.2. The average molecular weight is 414 g/mol. The van der Waals surface area contributed by atoms with Crippen LogP contribution in [0.3, 0.4) is 0 Å². The van der Waals surface area contributed by atoms with E-state index >= 15 is 0 Å². The number of H-pyrrole nitrogens is 1. The van der Waals surface area contributed by atoms with Gasteiger partial charge in [0.25, 0.3) is 11.5 Å². The maximum absolute atomic E-state index is 12.9. The lowest BCUT2D eigenvalue weighted by atomic mass is 10.1. The van der Waals surface area contributed by atoms with E-state index in [1.54, 1.807) is 47.4 Å². The van der Waals surface area contributed by atoms with E-state index in [-0.39, 0.29) is 17.4 Å². The largest absolute Gasteiger partial charge is 0.320 e. The van der Waals surface area contributed by atoms with Gasteiger partial charge in [-0.1, -0.05) is 12.1 Å². The van der Waals surface area contributed by atoms with Gasteiger partial charge in [-0.2, -0.15) is 5.10 Å². The first-order valence-corrected chi connectivity index (χ1v) is 9.84. The first-order valence-electron chi connectivity index (χ1n) is 9.84. The highest BCUT2D eigenvalue weighted by atomic mass is 16.2. The lowest BCUT2D eigenvalue weighted by Gasteiger charge is -2.16. The number of fused-ring (bicyclic) bond motifs is 1. The SMILES string of the molecule is O=C(Nc1ccccc1-n1ncc2c(=O)[nH]cnc21)c1ccc(N2CCCC2=O)cc1. The van der Waals surface area contributed by atoms with E-state index in [9.17, 15) is 14.4 Å². The topological polar surface area (TPSA) is 113 Å². The van der Waals surface area contributed by atoms with Crippen LogP contribution in [-0.4, -0.2) is 38.1 Å². The van der Waals surface area contributed by atoms with Crippen LogP contribution in [-0.2, 0) is 4.79 Å². The van der Waals surface area contributed by atoms with Gasteiger partial charge in [0.15, 0.2) is 5.65 Å². The Labute approximate surface area is 176 Å². The first-order chi connectivity index (χ1) is 15.1. The van der Waals surface area contributed by atoms with Crippen LogP contribution in [0, 0.1) is 0 Å². The predicted molar refractivity (Wildman–Crippen MR) is 115 cm³/mol. The molecular weight excluding hydrogens is 396 g/mol. The lowest BCUT2D eigenvalue weighted by molar-refractivity contribution is -0.117. The summed E-state index contributed by atoms with van der Waals surface area (Å²) in [7, 11) is 0. The van der Waals surface area contributed by atoms with E-state index in [0.717, 1.165) is 12.1 Å². The van der Waals surface area contributed by atoms with Gasteiger partial charge < -0.3 is 15.2 Å². The number of aromatic amines is 1. The van der Waals surface area contributed by atoms with Crippen molar-refractivity contribution in [2.75, 3.05) is 16.8 Å². The fraction of sp³-hybridized carbons (Fsp3) is 0.136. The molecule has 2 aromatic heterocycles. The Morgan fingerprint density at radius 1 is 1.06 bits per heavy atom. The third kappa shape index (κ3) is 3.35. The van der Waals surface area contributed by atoms with Crippen molar-refractivity contribution in [2.24, 2.45) is 0 Å². The standard InChI is InChI=1S/C22H18N6O3/c29-19-6-3-11-27(19)15-9-7-14(8-10-15)21(30)26-17-4-1-2-5-18(17)28-20-16(12-25-28)22(31)24-13-23-20/h1-2,4-5,7-10,12-13H,3,6,11H2,(H,26,30)(H,23,24,31). The van der Waals surface area contributed by atoms with Crippen LogP contribution in [0.25, 0.3) is 16.7 Å². The van der Waals surface area contributed by atoms with Crippen molar-refractivity contribution in [2.45, 2.75) is 12.8 Å². The van der Waals surface area contributed by atoms with Gasteiger partial charge in [0.2, 0.25) is 5.91 Å². The van der Waals surface area contributed by atoms with E-state index in [2.05, 4.69) is 20.4 Å². The van der Waals surface area contributed by atoms with Crippen molar-refractivity contribution in [1.29, 1.82) is 0 Å². The van der Waals surface area contributed by atoms with Crippen LogP contribution in [0.1, 0.15) is 23.2 Å². The number of rotatable bonds is 4. The van der Waals surface area contributed by atoms with E-state index in [1.165, 1.54) is 17.2 Å². The molecule has 3 heterocycles. The Morgan fingerprint density at radius 2 is 1.87 bits per heavy atom. The van der Waals surface area contributed by atoms with Gasteiger partial charge in [0.1, 0.15) is 5.39 Å². The van der Waals surface area contributed by atoms with E-state index in [4.69, 9.17) is 0 Å². The molecule has 5 rings (SSSR count). The minimum Gasteiger partial charge on any atom is -0.320 e. The monoisotopic (exact) mass is 414 g/mol. The molecule has 0 radical (unpaired) electrons. The zero-order valence-corrected chi connectivity index (χ0v) is 16.4. The first kappa shape index (κ1) is 18.7. The Kier molecular flexibility index (Phi) is 4.55. The molecule has 9 nitrogen and oxygen atoms in total. The highest BCUT2D eigenvalue weighted by Gasteiger charge is 2.22. The van der Waals surface area contributed by atoms with Gasteiger partial charge >= 0.3 is 0 Å². The van der Waals surface area contributed by atoms with Crippen molar-refractivity contribution in [3.63, 3.8) is 0 Å². The van der Waals surface area contributed by atoms with E-state index in [1.807, 2.05) is 6.07 Å². The van der Waals surface area contributed by atoms with Crippen LogP contribution in [0.4, 0.5) is 11.4 Å². The maximum Gasteiger partial charge on any atom is 0.261 e. The number of amides is 2. The third-order valence-electron chi connectivity index (χ3n) is 5.27. The van der Waals surface area contributed by atoms with Gasteiger partial charge in [-0.15, -0.1) is 0 Å². The molecule has 0 aliphatic carbocycles. The molecule has 154 valence electrons. The molecule has 2 aromatic carbocycles. The fourth-order valence-electron chi connectivity index (χ4n) is 3.70. The molecular formula is C22H18N6O3. The molecule has 2 amide bonds. The molecule has 0 bridgehead atoms. The number of carbonyl (C=O) groups excluding carboxylic acids is 2. The summed E-state index contributed by atoms with van der Waals surface area (Å²) in [6.07, 6.45) is 4.16. The summed E-state index contributed by atoms with van der Waals surface area (Å²) >= 11 is 0. The molecule has 0 saturated carbocycles. The van der Waals surface area contributed by atoms with Crippen molar-refractivity contribution in [3.05, 3.63) is 77.0 Å². The molecule has 0 unspecified atom stereocenters. The zero-order chi connectivity index (χ0) is 21.4. The summed E-state index contributed by atoms with van der Waals surface area (Å²) in [5.41, 5.74) is 2.48. The van der Waals surface area contributed by atoms with Gasteiger partial charge in [-0.3, -0.25) is 14.4 Å². The Hall–Kier alpha value is -4.27. The van der Waals surface area contributed by atoms with Crippen molar-refractivity contribution < 1.29 is 9.59 Å². The van der Waals surface area contributed by atoms with Gasteiger partial charge in [-0.25, -0.2) is 9.67 Å². The summed E-state index contributed by atoms with van der Waals surface area (Å²) in [5.74, 6) is -0.195. The summed E-state index contributed by atoms with van der Waals surface area (Å²) in [6, 6.07) is 14.1. The van der Waals surface area contributed by atoms with E-state index in [0.29, 0.717) is 40.9 Å². The number of benzene rings is 2. The molecule has 0 atom stereocenters. The van der Waals surface area contributed by atoms with Gasteiger partial charge in [0.05, 0.1) is 23.9 Å². The molecule has 1 fully saturated rings. The molecule has 1 aliphatic rings. The van der Waals surface area contributed by atoms with Crippen LogP contribution in [0.5, 0.6) is 0 Å². The number of para-hydroxylation sites is 2. The molecule has 2 N–H and O–H groups in total. The smallest absolute Gasteiger partial charge is 0.261 e. The number of hydrogen-bond donors (Lipinski definition) is 2. The number of carbonyl (C=O) groups is 2. The average Bonchev–Trinajstić information content (AvgIpc) is 3.41. The zero-order valence-electron chi connectivity index (χ0n) is 16.4. The van der Waals surface area contributed by atoms with Crippen LogP contribution in [0.15, 0.2) is 65.8 Å². The van der Waals surface area contributed by atoms with Crippen molar-refractivity contribution in [3.8, 4) is 5.69 Å². The lowest BCUT2D eigenvalue weighted by Crippen LogP contribution is -2.23. The van der Waals surface area contributed by atoms with Gasteiger partial charge in [-0.05, 0) is 42.8 Å². The maximum atomic E-state index is 12.9. The molecule has 0 spiro atoms. The van der Waals surface area contributed by atoms with Crippen LogP contribution < -0.4 is 15.8 Å². The van der Waals surface area contributed by atoms with Crippen LogP contribution >= 0.6 is 0 Å². The highest BCUT2D eigenvalue weighted by Crippen LogP contribution is 2.24. The number of aromatic nitrogens is 4.